The Hall–Kier alpha value is -3.34. The molecular formula is C23H27F3N6O2. The molecule has 1 fully saturated rings. The molecule has 11 heteroatoms. The highest BCUT2D eigenvalue weighted by Crippen LogP contribution is 2.29. The van der Waals surface area contributed by atoms with Crippen LogP contribution in [0.3, 0.4) is 0 Å². The number of ether oxygens (including phenoxy) is 1. The van der Waals surface area contributed by atoms with Crippen LogP contribution in [0.5, 0.6) is 0 Å². The number of rotatable bonds is 5. The number of piperidine rings is 1. The molecule has 1 aliphatic rings. The lowest BCUT2D eigenvalue weighted by atomic mass is 10.0. The number of nitrogens with zero attached hydrogens (tertiary/aromatic N) is 3. The lowest BCUT2D eigenvalue weighted by Crippen LogP contribution is -2.45. The number of carbonyl (C=O) groups excluding carboxylic acids is 1. The van der Waals surface area contributed by atoms with Crippen LogP contribution in [0, 0.1) is 17.5 Å². The first-order chi connectivity index (χ1) is 16.1. The van der Waals surface area contributed by atoms with E-state index >= 15 is 0 Å². The molecule has 0 aliphatic carbocycles. The fraction of sp³-hybridized carbons (Fsp3) is 0.435. The van der Waals surface area contributed by atoms with E-state index in [9.17, 15) is 18.0 Å². The van der Waals surface area contributed by atoms with Gasteiger partial charge in [-0.25, -0.2) is 27.9 Å². The molecule has 0 atom stereocenters. The average molecular weight is 477 g/mol. The van der Waals surface area contributed by atoms with Crippen LogP contribution in [-0.4, -0.2) is 50.7 Å². The molecule has 8 nitrogen and oxygen atoms in total. The highest BCUT2D eigenvalue weighted by molar-refractivity contribution is 5.92. The van der Waals surface area contributed by atoms with Crippen LogP contribution in [0.4, 0.5) is 29.5 Å². The zero-order valence-corrected chi connectivity index (χ0v) is 19.2. The van der Waals surface area contributed by atoms with Crippen LogP contribution in [0.2, 0.25) is 0 Å². The molecule has 3 N–H and O–H groups in total. The number of alkyl carbamates (subject to hydrolysis) is 1. The highest BCUT2D eigenvalue weighted by Gasteiger charge is 2.24. The molecule has 0 unspecified atom stereocenters. The van der Waals surface area contributed by atoms with Gasteiger partial charge in [-0.15, -0.1) is 0 Å². The van der Waals surface area contributed by atoms with Crippen LogP contribution < -0.4 is 10.6 Å². The van der Waals surface area contributed by atoms with Crippen molar-refractivity contribution in [2.75, 3.05) is 18.4 Å². The van der Waals surface area contributed by atoms with Gasteiger partial charge in [0.05, 0.1) is 5.39 Å². The van der Waals surface area contributed by atoms with E-state index in [2.05, 4.69) is 30.5 Å². The van der Waals surface area contributed by atoms with Gasteiger partial charge < -0.3 is 20.4 Å². The van der Waals surface area contributed by atoms with E-state index in [-0.39, 0.29) is 11.7 Å². The normalized spacial score (nSPS) is 15.5. The van der Waals surface area contributed by atoms with Crippen molar-refractivity contribution in [1.82, 2.24) is 25.2 Å². The topological polar surface area (TPSA) is 95.2 Å². The molecule has 0 spiro atoms. The number of halogens is 3. The Bertz CT molecular complexity index is 1160. The van der Waals surface area contributed by atoms with Crippen molar-refractivity contribution in [2.45, 2.75) is 51.8 Å². The summed E-state index contributed by atoms with van der Waals surface area (Å²) in [6.45, 7) is 7.59. The van der Waals surface area contributed by atoms with Gasteiger partial charge in [0.1, 0.15) is 23.4 Å². The van der Waals surface area contributed by atoms with Gasteiger partial charge in [-0.3, -0.25) is 4.90 Å². The number of H-pyrrole nitrogens is 1. The van der Waals surface area contributed by atoms with Crippen LogP contribution >= 0.6 is 0 Å². The third-order valence-electron chi connectivity index (χ3n) is 5.50. The molecule has 1 aliphatic heterocycles. The van der Waals surface area contributed by atoms with Gasteiger partial charge in [-0.2, -0.15) is 0 Å². The Balaban J connectivity index is 1.43. The van der Waals surface area contributed by atoms with Crippen LogP contribution in [0.1, 0.15) is 39.2 Å². The summed E-state index contributed by atoms with van der Waals surface area (Å²) in [4.78, 5) is 25.8. The zero-order valence-electron chi connectivity index (χ0n) is 19.2. The maximum Gasteiger partial charge on any atom is 0.407 e. The van der Waals surface area contributed by atoms with Gasteiger partial charge in [-0.05, 0) is 39.2 Å². The third kappa shape index (κ3) is 5.58. The summed E-state index contributed by atoms with van der Waals surface area (Å²) >= 11 is 0. The van der Waals surface area contributed by atoms with Gasteiger partial charge in [0.15, 0.2) is 17.5 Å². The second-order valence-corrected chi connectivity index (χ2v) is 9.34. The minimum absolute atomic E-state index is 0.0394. The monoisotopic (exact) mass is 476 g/mol. The van der Waals surface area contributed by atoms with Gasteiger partial charge in [0.2, 0.25) is 0 Å². The molecule has 1 aromatic carbocycles. The van der Waals surface area contributed by atoms with E-state index in [1.54, 1.807) is 0 Å². The number of carbonyl (C=O) groups is 1. The quantitative estimate of drug-likeness (QED) is 0.466. The minimum Gasteiger partial charge on any atom is -0.444 e. The Labute approximate surface area is 194 Å². The number of aromatic amines is 1. The SMILES string of the molecule is CC(C)(C)OC(=O)NC1CCN(Cc2c[nH]c3ncnc(Nc4cc(F)c(F)c(F)c4)c23)CC1. The number of amides is 1. The molecule has 1 saturated heterocycles. The van der Waals surface area contributed by atoms with Gasteiger partial charge in [-0.1, -0.05) is 0 Å². The van der Waals surface area contributed by atoms with Crippen molar-refractivity contribution in [3.8, 4) is 0 Å². The third-order valence-corrected chi connectivity index (χ3v) is 5.50. The summed E-state index contributed by atoms with van der Waals surface area (Å²) in [5.41, 5.74) is 0.966. The molecule has 0 saturated carbocycles. The number of hydrogen-bond acceptors (Lipinski definition) is 6. The number of aromatic nitrogens is 3. The summed E-state index contributed by atoms with van der Waals surface area (Å²) in [5.74, 6) is -3.74. The van der Waals surface area contributed by atoms with Crippen molar-refractivity contribution in [3.05, 3.63) is 47.7 Å². The van der Waals surface area contributed by atoms with Gasteiger partial charge >= 0.3 is 6.09 Å². The van der Waals surface area contributed by atoms with Gasteiger partial charge in [0, 0.05) is 49.7 Å². The van der Waals surface area contributed by atoms with Crippen molar-refractivity contribution >= 4 is 28.6 Å². The predicted molar refractivity (Wildman–Crippen MR) is 121 cm³/mol. The first-order valence-electron chi connectivity index (χ1n) is 11.0. The van der Waals surface area contributed by atoms with Crippen LogP contribution in [0.15, 0.2) is 24.7 Å². The molecule has 182 valence electrons. The van der Waals surface area contributed by atoms with E-state index < -0.39 is 29.1 Å². The largest absolute Gasteiger partial charge is 0.444 e. The van der Waals surface area contributed by atoms with Crippen molar-refractivity contribution in [2.24, 2.45) is 0 Å². The second-order valence-electron chi connectivity index (χ2n) is 9.34. The molecule has 0 radical (unpaired) electrons. The maximum atomic E-state index is 13.6. The Kier molecular flexibility index (Phi) is 6.65. The molecule has 2 aromatic heterocycles. The fourth-order valence-electron chi connectivity index (χ4n) is 3.96. The van der Waals surface area contributed by atoms with E-state index in [1.165, 1.54) is 6.33 Å². The molecule has 1 amide bonds. The number of hydrogen-bond donors (Lipinski definition) is 3. The molecule has 34 heavy (non-hydrogen) atoms. The standard InChI is InChI=1S/C23H27F3N6O2/c1-23(2,3)34-22(33)31-14-4-6-32(7-5-14)11-13-10-27-20-18(13)21(29-12-28-20)30-15-8-16(24)19(26)17(25)9-15/h8-10,12,14H,4-7,11H2,1-3H3,(H,31,33)(H2,27,28,29,30). The van der Waals surface area contributed by atoms with Crippen LogP contribution in [0.25, 0.3) is 11.0 Å². The summed E-state index contributed by atoms with van der Waals surface area (Å²) in [7, 11) is 0. The molecular weight excluding hydrogens is 449 g/mol. The first kappa shape index (κ1) is 23.8. The summed E-state index contributed by atoms with van der Waals surface area (Å²) < 4.78 is 45.9. The molecule has 3 aromatic rings. The summed E-state index contributed by atoms with van der Waals surface area (Å²) in [6.07, 6.45) is 4.29. The fourth-order valence-corrected chi connectivity index (χ4v) is 3.96. The average Bonchev–Trinajstić information content (AvgIpc) is 3.16. The number of likely N-dealkylation sites (tertiary alicyclic amines) is 1. The number of benzene rings is 1. The molecule has 3 heterocycles. The highest BCUT2D eigenvalue weighted by atomic mass is 19.2. The van der Waals surface area contributed by atoms with Crippen molar-refractivity contribution in [1.29, 1.82) is 0 Å². The lowest BCUT2D eigenvalue weighted by molar-refractivity contribution is 0.0477. The van der Waals surface area contributed by atoms with E-state index in [1.807, 2.05) is 27.0 Å². The summed E-state index contributed by atoms with van der Waals surface area (Å²) in [5, 5.41) is 6.47. The Morgan fingerprint density at radius 3 is 2.50 bits per heavy atom. The van der Waals surface area contributed by atoms with Crippen molar-refractivity contribution in [3.63, 3.8) is 0 Å². The number of nitrogens with one attached hydrogen (secondary N) is 3. The van der Waals surface area contributed by atoms with E-state index in [4.69, 9.17) is 4.74 Å². The number of anilines is 2. The van der Waals surface area contributed by atoms with E-state index in [0.29, 0.717) is 23.4 Å². The van der Waals surface area contributed by atoms with Gasteiger partial charge in [0.25, 0.3) is 0 Å². The Morgan fingerprint density at radius 1 is 1.18 bits per heavy atom. The Morgan fingerprint density at radius 2 is 1.85 bits per heavy atom. The van der Waals surface area contributed by atoms with E-state index in [0.717, 1.165) is 43.6 Å². The smallest absolute Gasteiger partial charge is 0.407 e. The lowest BCUT2D eigenvalue weighted by Gasteiger charge is -2.32. The summed E-state index contributed by atoms with van der Waals surface area (Å²) in [6, 6.07) is 1.79. The second kappa shape index (κ2) is 9.49. The first-order valence-corrected chi connectivity index (χ1v) is 11.0. The molecule has 0 bridgehead atoms. The molecule has 4 rings (SSSR count). The maximum absolute atomic E-state index is 13.6. The number of fused-ring (bicyclic) bond motifs is 1. The van der Waals surface area contributed by atoms with Crippen LogP contribution in [-0.2, 0) is 11.3 Å². The zero-order chi connectivity index (χ0) is 24.5. The van der Waals surface area contributed by atoms with Crippen molar-refractivity contribution < 1.29 is 22.7 Å². The minimum atomic E-state index is -1.52. The predicted octanol–water partition coefficient (Wildman–Crippen LogP) is 4.61.